The number of nitrogens with zero attached hydrogens (tertiary/aromatic N) is 2. The lowest BCUT2D eigenvalue weighted by Gasteiger charge is -2.34. The van der Waals surface area contributed by atoms with Crippen LogP contribution in [0.25, 0.3) is 0 Å². The highest BCUT2D eigenvalue weighted by molar-refractivity contribution is 5.85. The van der Waals surface area contributed by atoms with E-state index in [1.165, 1.54) is 11.1 Å². The van der Waals surface area contributed by atoms with Crippen LogP contribution in [0.4, 0.5) is 5.69 Å². The molecule has 2 aromatic rings. The summed E-state index contributed by atoms with van der Waals surface area (Å²) in [4.78, 5) is 5.04. The first-order valence-corrected chi connectivity index (χ1v) is 7.63. The molecule has 0 atom stereocenters. The third kappa shape index (κ3) is 6.04. The largest absolute Gasteiger partial charge is 0.399 e. The Morgan fingerprint density at radius 3 is 1.78 bits per heavy atom. The molecule has 126 valence electrons. The van der Waals surface area contributed by atoms with Gasteiger partial charge in [0.1, 0.15) is 0 Å². The Kier molecular flexibility index (Phi) is 8.42. The Morgan fingerprint density at radius 1 is 0.696 bits per heavy atom. The molecule has 0 spiro atoms. The molecule has 0 radical (unpaired) electrons. The number of rotatable bonds is 4. The summed E-state index contributed by atoms with van der Waals surface area (Å²) in [5.41, 5.74) is 9.42. The number of halogens is 2. The van der Waals surface area contributed by atoms with Crippen LogP contribution in [-0.2, 0) is 13.1 Å². The number of hydrogen-bond donors (Lipinski definition) is 1. The molecule has 2 aromatic carbocycles. The van der Waals surface area contributed by atoms with E-state index in [1.54, 1.807) is 0 Å². The molecule has 1 saturated heterocycles. The Morgan fingerprint density at radius 2 is 1.22 bits per heavy atom. The maximum Gasteiger partial charge on any atom is 0.0317 e. The highest BCUT2D eigenvalue weighted by Gasteiger charge is 2.16. The summed E-state index contributed by atoms with van der Waals surface area (Å²) in [5, 5.41) is 0. The minimum absolute atomic E-state index is 0. The van der Waals surface area contributed by atoms with Crippen LogP contribution in [0.5, 0.6) is 0 Å². The summed E-state index contributed by atoms with van der Waals surface area (Å²) in [6.07, 6.45) is 0. The zero-order chi connectivity index (χ0) is 14.5. The first-order valence-electron chi connectivity index (χ1n) is 7.63. The van der Waals surface area contributed by atoms with Crippen LogP contribution >= 0.6 is 24.8 Å². The van der Waals surface area contributed by atoms with E-state index in [2.05, 4.69) is 52.3 Å². The maximum absolute atomic E-state index is 5.84. The van der Waals surface area contributed by atoms with Crippen molar-refractivity contribution < 1.29 is 0 Å². The van der Waals surface area contributed by atoms with Gasteiger partial charge in [-0.05, 0) is 23.3 Å². The number of piperazine rings is 1. The van der Waals surface area contributed by atoms with Crippen LogP contribution in [0.15, 0.2) is 54.6 Å². The molecule has 0 unspecified atom stereocenters. The second kappa shape index (κ2) is 9.78. The van der Waals surface area contributed by atoms with Crippen molar-refractivity contribution in [1.29, 1.82) is 0 Å². The number of anilines is 1. The van der Waals surface area contributed by atoms with E-state index in [4.69, 9.17) is 5.73 Å². The fraction of sp³-hybridized carbons (Fsp3) is 0.333. The second-order valence-electron chi connectivity index (χ2n) is 5.78. The van der Waals surface area contributed by atoms with Crippen LogP contribution in [-0.4, -0.2) is 36.0 Å². The van der Waals surface area contributed by atoms with Crippen LogP contribution in [0.2, 0.25) is 0 Å². The van der Waals surface area contributed by atoms with Crippen molar-refractivity contribution in [2.75, 3.05) is 31.9 Å². The van der Waals surface area contributed by atoms with E-state index in [9.17, 15) is 0 Å². The number of nitrogens with two attached hydrogens (primary N) is 1. The highest BCUT2D eigenvalue weighted by atomic mass is 35.5. The van der Waals surface area contributed by atoms with E-state index >= 15 is 0 Å². The van der Waals surface area contributed by atoms with Gasteiger partial charge in [-0.3, -0.25) is 9.80 Å². The Balaban J connectivity index is 0.00000132. The monoisotopic (exact) mass is 353 g/mol. The Labute approximate surface area is 151 Å². The molecule has 2 N–H and O–H groups in total. The predicted octanol–water partition coefficient (Wildman–Crippen LogP) is 3.43. The summed E-state index contributed by atoms with van der Waals surface area (Å²) in [7, 11) is 0. The lowest BCUT2D eigenvalue weighted by molar-refractivity contribution is 0.122. The van der Waals surface area contributed by atoms with Gasteiger partial charge in [-0.25, -0.2) is 0 Å². The number of hydrogen-bond acceptors (Lipinski definition) is 3. The molecule has 0 aliphatic carbocycles. The van der Waals surface area contributed by atoms with Crippen molar-refractivity contribution in [2.45, 2.75) is 13.1 Å². The summed E-state index contributed by atoms with van der Waals surface area (Å²) >= 11 is 0. The molecule has 1 fully saturated rings. The van der Waals surface area contributed by atoms with E-state index in [-0.39, 0.29) is 24.8 Å². The molecular weight excluding hydrogens is 329 g/mol. The zero-order valence-electron chi connectivity index (χ0n) is 13.2. The molecule has 0 bridgehead atoms. The summed E-state index contributed by atoms with van der Waals surface area (Å²) in [5.74, 6) is 0. The van der Waals surface area contributed by atoms with Crippen molar-refractivity contribution in [3.05, 3.63) is 65.7 Å². The molecule has 1 aliphatic rings. The Hall–Kier alpha value is -1.26. The third-order valence-electron chi connectivity index (χ3n) is 4.07. The van der Waals surface area contributed by atoms with E-state index in [0.29, 0.717) is 0 Å². The molecule has 0 saturated carbocycles. The molecule has 23 heavy (non-hydrogen) atoms. The normalized spacial score (nSPS) is 15.5. The van der Waals surface area contributed by atoms with Gasteiger partial charge in [0.15, 0.2) is 0 Å². The lowest BCUT2D eigenvalue weighted by atomic mass is 10.1. The maximum atomic E-state index is 5.84. The number of nitrogen functional groups attached to an aromatic ring is 1. The van der Waals surface area contributed by atoms with Crippen LogP contribution in [0.3, 0.4) is 0 Å². The summed E-state index contributed by atoms with van der Waals surface area (Å²) < 4.78 is 0. The molecule has 3 nitrogen and oxygen atoms in total. The molecule has 0 amide bonds. The van der Waals surface area contributed by atoms with Gasteiger partial charge in [0, 0.05) is 45.0 Å². The molecule has 1 heterocycles. The van der Waals surface area contributed by atoms with Crippen LogP contribution in [0.1, 0.15) is 11.1 Å². The van der Waals surface area contributed by atoms with Crippen LogP contribution in [0, 0.1) is 0 Å². The summed E-state index contributed by atoms with van der Waals surface area (Å²) in [6.45, 7) is 6.59. The zero-order valence-corrected chi connectivity index (χ0v) is 14.9. The van der Waals surface area contributed by atoms with E-state index < -0.39 is 0 Å². The second-order valence-corrected chi connectivity index (χ2v) is 5.78. The fourth-order valence-corrected chi connectivity index (χ4v) is 2.90. The Bertz CT molecular complexity index is 569. The smallest absolute Gasteiger partial charge is 0.0317 e. The average molecular weight is 354 g/mol. The fourth-order valence-electron chi connectivity index (χ4n) is 2.90. The van der Waals surface area contributed by atoms with Gasteiger partial charge in [0.2, 0.25) is 0 Å². The van der Waals surface area contributed by atoms with Gasteiger partial charge >= 0.3 is 0 Å². The van der Waals surface area contributed by atoms with E-state index in [1.807, 2.05) is 12.1 Å². The minimum Gasteiger partial charge on any atom is -0.399 e. The molecule has 3 rings (SSSR count). The molecular formula is C18H25Cl2N3. The van der Waals surface area contributed by atoms with Crippen molar-refractivity contribution in [3.8, 4) is 0 Å². The highest BCUT2D eigenvalue weighted by Crippen LogP contribution is 2.13. The van der Waals surface area contributed by atoms with Crippen molar-refractivity contribution in [1.82, 2.24) is 9.80 Å². The van der Waals surface area contributed by atoms with E-state index in [0.717, 1.165) is 45.0 Å². The van der Waals surface area contributed by atoms with Crippen molar-refractivity contribution in [2.24, 2.45) is 0 Å². The minimum atomic E-state index is 0. The average Bonchev–Trinajstić information content (AvgIpc) is 2.50. The first kappa shape index (κ1) is 19.8. The van der Waals surface area contributed by atoms with Gasteiger partial charge < -0.3 is 5.73 Å². The predicted molar refractivity (Wildman–Crippen MR) is 102 cm³/mol. The molecule has 0 aromatic heterocycles. The summed E-state index contributed by atoms with van der Waals surface area (Å²) in [6, 6.07) is 18.9. The van der Waals surface area contributed by atoms with Crippen molar-refractivity contribution >= 4 is 30.5 Å². The quantitative estimate of drug-likeness (QED) is 0.854. The van der Waals surface area contributed by atoms with Gasteiger partial charge in [0.25, 0.3) is 0 Å². The van der Waals surface area contributed by atoms with Gasteiger partial charge in [-0.1, -0.05) is 42.5 Å². The first-order chi connectivity index (χ1) is 10.3. The van der Waals surface area contributed by atoms with Crippen molar-refractivity contribution in [3.63, 3.8) is 0 Å². The molecule has 5 heteroatoms. The van der Waals surface area contributed by atoms with Gasteiger partial charge in [0.05, 0.1) is 0 Å². The lowest BCUT2D eigenvalue weighted by Crippen LogP contribution is -2.45. The van der Waals surface area contributed by atoms with Crippen LogP contribution < -0.4 is 5.73 Å². The standard InChI is InChI=1S/C18H23N3.2ClH/c19-18-8-4-7-17(13-18)15-21-11-9-20(10-12-21)14-16-5-2-1-3-6-16;;/h1-8,13H,9-12,14-15,19H2;2*1H. The van der Waals surface area contributed by atoms with Gasteiger partial charge in [-0.2, -0.15) is 0 Å². The topological polar surface area (TPSA) is 32.5 Å². The SMILES string of the molecule is Cl.Cl.Nc1cccc(CN2CCN(Cc3ccccc3)CC2)c1. The third-order valence-corrected chi connectivity index (χ3v) is 4.07. The number of benzene rings is 2. The molecule has 1 aliphatic heterocycles. The van der Waals surface area contributed by atoms with Gasteiger partial charge in [-0.15, -0.1) is 24.8 Å².